The van der Waals surface area contributed by atoms with Crippen molar-refractivity contribution in [2.24, 2.45) is 0 Å². The van der Waals surface area contributed by atoms with E-state index in [1.807, 2.05) is 43.3 Å². The topological polar surface area (TPSA) is 35.5 Å². The molecular formula is C18H22N2O. The Labute approximate surface area is 126 Å². The first-order valence-corrected chi connectivity index (χ1v) is 7.55. The number of hydrogen-bond acceptors (Lipinski definition) is 3. The van der Waals surface area contributed by atoms with Crippen LogP contribution in [0.5, 0.6) is 0 Å². The molecule has 0 unspecified atom stereocenters. The minimum absolute atomic E-state index is 0.0675. The van der Waals surface area contributed by atoms with E-state index in [1.54, 1.807) is 0 Å². The van der Waals surface area contributed by atoms with Crippen molar-refractivity contribution in [1.82, 2.24) is 5.43 Å². The van der Waals surface area contributed by atoms with Gasteiger partial charge in [-0.15, -0.1) is 0 Å². The zero-order chi connectivity index (χ0) is 14.7. The predicted molar refractivity (Wildman–Crippen MR) is 86.4 cm³/mol. The minimum atomic E-state index is -0.651. The standard InChI is InChI=1S/C18H22N2O/c1-18(21)14-8-13-17(18)19-20(15-9-4-2-5-10-15)16-11-6-3-7-12-16/h2-7,9-12,17,19,21H,8,13-14H2,1H3/t17-,18-/m1/s1. The minimum Gasteiger partial charge on any atom is -0.388 e. The SMILES string of the molecule is C[C@@]1(O)CCC[C@H]1NN(c1ccccc1)c1ccccc1. The molecule has 1 aliphatic rings. The number of anilines is 2. The summed E-state index contributed by atoms with van der Waals surface area (Å²) in [6.45, 7) is 1.92. The summed E-state index contributed by atoms with van der Waals surface area (Å²) in [5.74, 6) is 0. The average molecular weight is 282 g/mol. The lowest BCUT2D eigenvalue weighted by Gasteiger charge is -2.34. The number of para-hydroxylation sites is 2. The fraction of sp³-hybridized carbons (Fsp3) is 0.333. The van der Waals surface area contributed by atoms with Crippen molar-refractivity contribution in [3.63, 3.8) is 0 Å². The largest absolute Gasteiger partial charge is 0.388 e. The van der Waals surface area contributed by atoms with E-state index in [4.69, 9.17) is 0 Å². The molecule has 3 nitrogen and oxygen atoms in total. The summed E-state index contributed by atoms with van der Waals surface area (Å²) >= 11 is 0. The average Bonchev–Trinajstić information content (AvgIpc) is 2.85. The van der Waals surface area contributed by atoms with Crippen molar-refractivity contribution >= 4 is 11.4 Å². The molecule has 21 heavy (non-hydrogen) atoms. The van der Waals surface area contributed by atoms with Crippen LogP contribution in [0.25, 0.3) is 0 Å². The first-order valence-electron chi connectivity index (χ1n) is 7.55. The van der Waals surface area contributed by atoms with E-state index < -0.39 is 5.60 Å². The summed E-state index contributed by atoms with van der Waals surface area (Å²) in [7, 11) is 0. The van der Waals surface area contributed by atoms with Crippen molar-refractivity contribution in [2.75, 3.05) is 5.01 Å². The smallest absolute Gasteiger partial charge is 0.0790 e. The third-order valence-corrected chi connectivity index (χ3v) is 4.24. The van der Waals surface area contributed by atoms with Crippen molar-refractivity contribution in [2.45, 2.75) is 37.8 Å². The van der Waals surface area contributed by atoms with Crippen LogP contribution in [0, 0.1) is 0 Å². The number of aliphatic hydroxyl groups is 1. The van der Waals surface area contributed by atoms with Crippen LogP contribution in [-0.2, 0) is 0 Å². The molecule has 2 atom stereocenters. The Balaban J connectivity index is 1.90. The number of nitrogens with zero attached hydrogens (tertiary/aromatic N) is 1. The van der Waals surface area contributed by atoms with Gasteiger partial charge in [-0.25, -0.2) is 5.43 Å². The van der Waals surface area contributed by atoms with Gasteiger partial charge in [0, 0.05) is 0 Å². The van der Waals surface area contributed by atoms with E-state index in [0.717, 1.165) is 30.6 Å². The third-order valence-electron chi connectivity index (χ3n) is 4.24. The highest BCUT2D eigenvalue weighted by Crippen LogP contribution is 2.32. The molecule has 110 valence electrons. The number of hydrazine groups is 1. The lowest BCUT2D eigenvalue weighted by atomic mass is 10.0. The van der Waals surface area contributed by atoms with Gasteiger partial charge in [-0.3, -0.25) is 5.01 Å². The predicted octanol–water partition coefficient (Wildman–Crippen LogP) is 3.63. The molecular weight excluding hydrogens is 260 g/mol. The number of nitrogens with one attached hydrogen (secondary N) is 1. The van der Waals surface area contributed by atoms with Crippen molar-refractivity contribution in [3.05, 3.63) is 60.7 Å². The molecule has 0 amide bonds. The Morgan fingerprint density at radius 2 is 1.52 bits per heavy atom. The van der Waals surface area contributed by atoms with Gasteiger partial charge in [-0.2, -0.15) is 0 Å². The molecule has 3 heteroatoms. The molecule has 1 saturated carbocycles. The number of hydrogen-bond donors (Lipinski definition) is 2. The van der Waals surface area contributed by atoms with Crippen LogP contribution in [0.2, 0.25) is 0 Å². The van der Waals surface area contributed by atoms with Crippen LogP contribution in [0.4, 0.5) is 11.4 Å². The van der Waals surface area contributed by atoms with Crippen LogP contribution in [0.3, 0.4) is 0 Å². The number of benzene rings is 2. The Kier molecular flexibility index (Phi) is 3.95. The van der Waals surface area contributed by atoms with Gasteiger partial charge in [-0.1, -0.05) is 36.4 Å². The fourth-order valence-electron chi connectivity index (χ4n) is 2.96. The highest BCUT2D eigenvalue weighted by Gasteiger charge is 2.37. The summed E-state index contributed by atoms with van der Waals surface area (Å²) < 4.78 is 0. The van der Waals surface area contributed by atoms with E-state index >= 15 is 0 Å². The molecule has 0 radical (unpaired) electrons. The molecule has 2 N–H and O–H groups in total. The maximum atomic E-state index is 10.5. The second-order valence-corrected chi connectivity index (χ2v) is 5.94. The van der Waals surface area contributed by atoms with E-state index in [2.05, 4.69) is 34.7 Å². The zero-order valence-corrected chi connectivity index (χ0v) is 12.4. The summed E-state index contributed by atoms with van der Waals surface area (Å²) in [6, 6.07) is 20.5. The first kappa shape index (κ1) is 14.1. The maximum Gasteiger partial charge on any atom is 0.0790 e. The van der Waals surface area contributed by atoms with Crippen molar-refractivity contribution < 1.29 is 5.11 Å². The molecule has 3 rings (SSSR count). The monoisotopic (exact) mass is 282 g/mol. The summed E-state index contributed by atoms with van der Waals surface area (Å²) in [5, 5.41) is 12.6. The summed E-state index contributed by atoms with van der Waals surface area (Å²) in [4.78, 5) is 0. The molecule has 0 spiro atoms. The van der Waals surface area contributed by atoms with Crippen LogP contribution in [-0.4, -0.2) is 16.7 Å². The Hall–Kier alpha value is -1.84. The van der Waals surface area contributed by atoms with Gasteiger partial charge >= 0.3 is 0 Å². The molecule has 0 aromatic heterocycles. The lowest BCUT2D eigenvalue weighted by molar-refractivity contribution is 0.0394. The molecule has 2 aromatic rings. The highest BCUT2D eigenvalue weighted by molar-refractivity contribution is 5.61. The first-order chi connectivity index (χ1) is 10.2. The Morgan fingerprint density at radius 1 is 1.00 bits per heavy atom. The Morgan fingerprint density at radius 3 is 1.95 bits per heavy atom. The second kappa shape index (κ2) is 5.88. The molecule has 1 aliphatic carbocycles. The van der Waals surface area contributed by atoms with Gasteiger partial charge in [0.25, 0.3) is 0 Å². The van der Waals surface area contributed by atoms with Crippen molar-refractivity contribution in [3.8, 4) is 0 Å². The molecule has 0 heterocycles. The summed E-state index contributed by atoms with van der Waals surface area (Å²) in [6.07, 6.45) is 2.90. The van der Waals surface area contributed by atoms with Gasteiger partial charge in [0.15, 0.2) is 0 Å². The Bertz CT molecular complexity index is 529. The lowest BCUT2D eigenvalue weighted by Crippen LogP contribution is -2.51. The second-order valence-electron chi connectivity index (χ2n) is 5.94. The third kappa shape index (κ3) is 3.09. The van der Waals surface area contributed by atoms with Gasteiger partial charge < -0.3 is 5.11 Å². The molecule has 2 aromatic carbocycles. The number of rotatable bonds is 4. The molecule has 1 fully saturated rings. The van der Waals surface area contributed by atoms with Crippen LogP contribution < -0.4 is 10.4 Å². The zero-order valence-electron chi connectivity index (χ0n) is 12.4. The van der Waals surface area contributed by atoms with Gasteiger partial charge in [0.1, 0.15) is 0 Å². The molecule has 0 aliphatic heterocycles. The molecule has 0 saturated heterocycles. The van der Waals surface area contributed by atoms with E-state index in [9.17, 15) is 5.11 Å². The normalized spacial score (nSPS) is 25.0. The van der Waals surface area contributed by atoms with Gasteiger partial charge in [0.05, 0.1) is 23.0 Å². The van der Waals surface area contributed by atoms with E-state index in [1.165, 1.54) is 0 Å². The van der Waals surface area contributed by atoms with Crippen molar-refractivity contribution in [1.29, 1.82) is 0 Å². The molecule has 0 bridgehead atoms. The highest BCUT2D eigenvalue weighted by atomic mass is 16.3. The van der Waals surface area contributed by atoms with Crippen LogP contribution in [0.15, 0.2) is 60.7 Å². The van der Waals surface area contributed by atoms with E-state index in [0.29, 0.717) is 0 Å². The van der Waals surface area contributed by atoms with Crippen LogP contribution in [0.1, 0.15) is 26.2 Å². The van der Waals surface area contributed by atoms with Gasteiger partial charge in [0.2, 0.25) is 0 Å². The quantitative estimate of drug-likeness (QED) is 0.841. The maximum absolute atomic E-state index is 10.5. The van der Waals surface area contributed by atoms with Crippen LogP contribution >= 0.6 is 0 Å². The fourth-order valence-corrected chi connectivity index (χ4v) is 2.96. The van der Waals surface area contributed by atoms with E-state index in [-0.39, 0.29) is 6.04 Å². The van der Waals surface area contributed by atoms with Gasteiger partial charge in [-0.05, 0) is 50.5 Å². The summed E-state index contributed by atoms with van der Waals surface area (Å²) in [5.41, 5.74) is 5.02.